The Bertz CT molecular complexity index is 294. The summed E-state index contributed by atoms with van der Waals surface area (Å²) in [6.45, 7) is 2.66. The van der Waals surface area contributed by atoms with Gasteiger partial charge in [0.1, 0.15) is 6.29 Å². The van der Waals surface area contributed by atoms with Crippen LogP contribution < -0.4 is 5.73 Å². The van der Waals surface area contributed by atoms with Gasteiger partial charge in [-0.2, -0.15) is 0 Å². The van der Waals surface area contributed by atoms with E-state index in [0.29, 0.717) is 6.54 Å². The van der Waals surface area contributed by atoms with E-state index in [1.54, 1.807) is 0 Å². The molecule has 0 heterocycles. The Hall–Kier alpha value is -1.15. The molecule has 0 unspecified atom stereocenters. The van der Waals surface area contributed by atoms with Crippen molar-refractivity contribution in [1.29, 1.82) is 0 Å². The first-order chi connectivity index (χ1) is 6.27. The average molecular weight is 177 g/mol. The predicted octanol–water partition coefficient (Wildman–Crippen LogP) is 1.70. The number of nitrogens with two attached hydrogens (primary N) is 1. The van der Waals surface area contributed by atoms with Crippen LogP contribution in [0.2, 0.25) is 0 Å². The second-order valence-electron chi connectivity index (χ2n) is 3.21. The molecule has 0 fully saturated rings. The molecular weight excluding hydrogens is 162 g/mol. The van der Waals surface area contributed by atoms with E-state index >= 15 is 0 Å². The summed E-state index contributed by atoms with van der Waals surface area (Å²) in [4.78, 5) is 10.7. The van der Waals surface area contributed by atoms with Crippen molar-refractivity contribution in [3.63, 3.8) is 0 Å². The molecule has 0 saturated heterocycles. The van der Waals surface area contributed by atoms with E-state index in [0.717, 1.165) is 35.8 Å². The number of rotatable bonds is 4. The van der Waals surface area contributed by atoms with Crippen molar-refractivity contribution in [3.8, 4) is 0 Å². The first-order valence-corrected chi connectivity index (χ1v) is 4.52. The zero-order chi connectivity index (χ0) is 9.68. The quantitative estimate of drug-likeness (QED) is 0.711. The number of carbonyl (C=O) groups excluding carboxylic acids is 1. The third-order valence-corrected chi connectivity index (χ3v) is 2.08. The molecule has 1 rings (SSSR count). The fourth-order valence-electron chi connectivity index (χ4n) is 1.34. The topological polar surface area (TPSA) is 43.1 Å². The number of benzene rings is 1. The SMILES string of the molecule is Cc1ccc(CCCN)c(C=O)c1. The number of aldehydes is 1. The Morgan fingerprint density at radius 3 is 2.85 bits per heavy atom. The van der Waals surface area contributed by atoms with Gasteiger partial charge in [0.25, 0.3) is 0 Å². The highest BCUT2D eigenvalue weighted by atomic mass is 16.1. The van der Waals surface area contributed by atoms with Crippen molar-refractivity contribution in [1.82, 2.24) is 0 Å². The van der Waals surface area contributed by atoms with Crippen molar-refractivity contribution in [3.05, 3.63) is 34.9 Å². The molecule has 0 amide bonds. The maximum absolute atomic E-state index is 10.7. The van der Waals surface area contributed by atoms with Gasteiger partial charge in [-0.25, -0.2) is 0 Å². The van der Waals surface area contributed by atoms with Crippen LogP contribution in [0, 0.1) is 6.92 Å². The minimum atomic E-state index is 0.673. The normalized spacial score (nSPS) is 10.0. The standard InChI is InChI=1S/C11H15NO/c1-9-4-5-10(3-2-6-12)11(7-9)8-13/h4-5,7-8H,2-3,6,12H2,1H3. The van der Waals surface area contributed by atoms with Gasteiger partial charge in [-0.05, 0) is 37.9 Å². The molecule has 13 heavy (non-hydrogen) atoms. The fraction of sp³-hybridized carbons (Fsp3) is 0.364. The van der Waals surface area contributed by atoms with Crippen molar-refractivity contribution >= 4 is 6.29 Å². The molecular formula is C11H15NO. The predicted molar refractivity (Wildman–Crippen MR) is 53.9 cm³/mol. The molecule has 1 aromatic rings. The maximum atomic E-state index is 10.7. The maximum Gasteiger partial charge on any atom is 0.150 e. The van der Waals surface area contributed by atoms with Crippen LogP contribution in [0.1, 0.15) is 27.9 Å². The first-order valence-electron chi connectivity index (χ1n) is 4.52. The highest BCUT2D eigenvalue weighted by Gasteiger charge is 2.00. The van der Waals surface area contributed by atoms with Gasteiger partial charge in [0, 0.05) is 5.56 Å². The van der Waals surface area contributed by atoms with Gasteiger partial charge >= 0.3 is 0 Å². The fourth-order valence-corrected chi connectivity index (χ4v) is 1.34. The molecule has 2 heteroatoms. The second kappa shape index (κ2) is 4.77. The van der Waals surface area contributed by atoms with E-state index in [1.165, 1.54) is 0 Å². The van der Waals surface area contributed by atoms with E-state index in [-0.39, 0.29) is 0 Å². The highest BCUT2D eigenvalue weighted by Crippen LogP contribution is 2.11. The van der Waals surface area contributed by atoms with Gasteiger partial charge in [-0.3, -0.25) is 4.79 Å². The zero-order valence-electron chi connectivity index (χ0n) is 7.92. The summed E-state index contributed by atoms with van der Waals surface area (Å²) >= 11 is 0. The average Bonchev–Trinajstić information content (AvgIpc) is 2.16. The van der Waals surface area contributed by atoms with Crippen molar-refractivity contribution in [2.45, 2.75) is 19.8 Å². The highest BCUT2D eigenvalue weighted by molar-refractivity contribution is 5.77. The molecule has 70 valence electrons. The lowest BCUT2D eigenvalue weighted by Crippen LogP contribution is -2.02. The molecule has 0 aliphatic heterocycles. The lowest BCUT2D eigenvalue weighted by atomic mass is 10.0. The van der Waals surface area contributed by atoms with Crippen LogP contribution in [0.4, 0.5) is 0 Å². The van der Waals surface area contributed by atoms with Crippen molar-refractivity contribution in [2.24, 2.45) is 5.73 Å². The second-order valence-corrected chi connectivity index (χ2v) is 3.21. The third-order valence-electron chi connectivity index (χ3n) is 2.08. The van der Waals surface area contributed by atoms with E-state index < -0.39 is 0 Å². The Kier molecular flexibility index (Phi) is 3.65. The molecule has 0 saturated carbocycles. The Morgan fingerprint density at radius 1 is 1.46 bits per heavy atom. The summed E-state index contributed by atoms with van der Waals surface area (Å²) < 4.78 is 0. The van der Waals surface area contributed by atoms with Crippen LogP contribution in [0.3, 0.4) is 0 Å². The summed E-state index contributed by atoms with van der Waals surface area (Å²) in [5.41, 5.74) is 8.44. The van der Waals surface area contributed by atoms with Gasteiger partial charge in [0.15, 0.2) is 0 Å². The minimum absolute atomic E-state index is 0.673. The van der Waals surface area contributed by atoms with Crippen LogP contribution >= 0.6 is 0 Å². The Labute approximate surface area is 78.8 Å². The lowest BCUT2D eigenvalue weighted by Gasteiger charge is -2.04. The lowest BCUT2D eigenvalue weighted by molar-refractivity contribution is 0.112. The summed E-state index contributed by atoms with van der Waals surface area (Å²) in [6, 6.07) is 5.95. The number of hydrogen-bond acceptors (Lipinski definition) is 2. The van der Waals surface area contributed by atoms with Gasteiger partial charge in [-0.1, -0.05) is 17.7 Å². The molecule has 0 aromatic heterocycles. The molecule has 0 aliphatic rings. The van der Waals surface area contributed by atoms with Gasteiger partial charge in [0.05, 0.1) is 0 Å². The van der Waals surface area contributed by atoms with Crippen LogP contribution in [0.25, 0.3) is 0 Å². The molecule has 0 bridgehead atoms. The third kappa shape index (κ3) is 2.67. The number of carbonyl (C=O) groups is 1. The summed E-state index contributed by atoms with van der Waals surface area (Å²) in [5, 5.41) is 0. The van der Waals surface area contributed by atoms with Crippen LogP contribution in [0.5, 0.6) is 0 Å². The Morgan fingerprint density at radius 2 is 2.23 bits per heavy atom. The molecule has 0 atom stereocenters. The zero-order valence-corrected chi connectivity index (χ0v) is 7.92. The van der Waals surface area contributed by atoms with Crippen LogP contribution in [0.15, 0.2) is 18.2 Å². The molecule has 0 aliphatic carbocycles. The molecule has 0 radical (unpaired) electrons. The van der Waals surface area contributed by atoms with Gasteiger partial charge < -0.3 is 5.73 Å². The van der Waals surface area contributed by atoms with E-state index in [9.17, 15) is 4.79 Å². The molecule has 1 aromatic carbocycles. The van der Waals surface area contributed by atoms with Crippen LogP contribution in [-0.2, 0) is 6.42 Å². The molecule has 2 N–H and O–H groups in total. The Balaban J connectivity index is 2.86. The van der Waals surface area contributed by atoms with Gasteiger partial charge in [-0.15, -0.1) is 0 Å². The van der Waals surface area contributed by atoms with E-state index in [2.05, 4.69) is 0 Å². The largest absolute Gasteiger partial charge is 0.330 e. The van der Waals surface area contributed by atoms with Crippen molar-refractivity contribution < 1.29 is 4.79 Å². The minimum Gasteiger partial charge on any atom is -0.330 e. The number of hydrogen-bond donors (Lipinski definition) is 1. The summed E-state index contributed by atoms with van der Waals surface area (Å²) in [5.74, 6) is 0. The van der Waals surface area contributed by atoms with Gasteiger partial charge in [0.2, 0.25) is 0 Å². The first kappa shape index (κ1) is 9.93. The summed E-state index contributed by atoms with van der Waals surface area (Å²) in [7, 11) is 0. The van der Waals surface area contributed by atoms with Crippen LogP contribution in [-0.4, -0.2) is 12.8 Å². The van der Waals surface area contributed by atoms with E-state index in [4.69, 9.17) is 5.73 Å². The van der Waals surface area contributed by atoms with E-state index in [1.807, 2.05) is 25.1 Å². The smallest absolute Gasteiger partial charge is 0.150 e. The molecule has 0 spiro atoms. The monoisotopic (exact) mass is 177 g/mol. The number of aryl methyl sites for hydroxylation is 2. The van der Waals surface area contributed by atoms with Crippen molar-refractivity contribution in [2.75, 3.05) is 6.54 Å². The molecule has 2 nitrogen and oxygen atoms in total. The summed E-state index contributed by atoms with van der Waals surface area (Å²) in [6.07, 6.45) is 2.74.